The van der Waals surface area contributed by atoms with Crippen LogP contribution in [0.15, 0.2) is 30.3 Å². The van der Waals surface area contributed by atoms with E-state index in [0.29, 0.717) is 6.92 Å². The van der Waals surface area contributed by atoms with Gasteiger partial charge in [-0.05, 0) is 18.2 Å². The van der Waals surface area contributed by atoms with Crippen LogP contribution in [0.3, 0.4) is 0 Å². The zero-order valence-corrected chi connectivity index (χ0v) is 7.20. The summed E-state index contributed by atoms with van der Waals surface area (Å²) in [7, 11) is 0. The minimum absolute atomic E-state index is 0.361. The van der Waals surface area contributed by atoms with Crippen molar-refractivity contribution in [1.29, 1.82) is 0 Å². The summed E-state index contributed by atoms with van der Waals surface area (Å²) in [6.07, 6.45) is 3.72. The Labute approximate surface area is 73.9 Å². The SMILES string of the molecule is c1ccc(B2CCCCO2)cc1. The van der Waals surface area contributed by atoms with Crippen LogP contribution in [0.1, 0.15) is 12.8 Å². The molecule has 1 aromatic rings. The Kier molecular flexibility index (Phi) is 2.47. The summed E-state index contributed by atoms with van der Waals surface area (Å²) in [5.41, 5.74) is 1.33. The van der Waals surface area contributed by atoms with Gasteiger partial charge in [-0.2, -0.15) is 0 Å². The molecule has 0 radical (unpaired) electrons. The van der Waals surface area contributed by atoms with Crippen LogP contribution in [-0.4, -0.2) is 13.5 Å². The van der Waals surface area contributed by atoms with E-state index in [2.05, 4.69) is 24.3 Å². The van der Waals surface area contributed by atoms with Gasteiger partial charge in [0.25, 0.3) is 0 Å². The van der Waals surface area contributed by atoms with E-state index in [0.717, 1.165) is 6.61 Å². The van der Waals surface area contributed by atoms with E-state index in [9.17, 15) is 0 Å². The Morgan fingerprint density at radius 1 is 1.08 bits per heavy atom. The van der Waals surface area contributed by atoms with Gasteiger partial charge in [0.05, 0.1) is 0 Å². The Morgan fingerprint density at radius 2 is 1.92 bits per heavy atom. The van der Waals surface area contributed by atoms with Crippen molar-refractivity contribution in [2.45, 2.75) is 19.2 Å². The minimum Gasteiger partial charge on any atom is -0.431 e. The van der Waals surface area contributed by atoms with Crippen LogP contribution in [-0.2, 0) is 4.65 Å². The predicted molar refractivity (Wildman–Crippen MR) is 51.8 cm³/mol. The lowest BCUT2D eigenvalue weighted by Crippen LogP contribution is -2.36. The second-order valence-corrected chi connectivity index (χ2v) is 3.27. The van der Waals surface area contributed by atoms with E-state index in [1.165, 1.54) is 24.6 Å². The van der Waals surface area contributed by atoms with Crippen molar-refractivity contribution in [1.82, 2.24) is 0 Å². The Balaban J connectivity index is 2.08. The third-order valence-corrected chi connectivity index (χ3v) is 2.35. The molecule has 1 saturated heterocycles. The fourth-order valence-corrected chi connectivity index (χ4v) is 1.67. The molecular weight excluding hydrogens is 147 g/mol. The van der Waals surface area contributed by atoms with Gasteiger partial charge in [-0.1, -0.05) is 36.8 Å². The highest BCUT2D eigenvalue weighted by molar-refractivity contribution is 6.67. The molecule has 0 bridgehead atoms. The molecule has 1 heterocycles. The van der Waals surface area contributed by atoms with Gasteiger partial charge in [-0.15, -0.1) is 0 Å². The molecule has 0 spiro atoms. The Hall–Kier alpha value is -0.755. The quantitative estimate of drug-likeness (QED) is 0.568. The first-order valence-corrected chi connectivity index (χ1v) is 4.63. The smallest absolute Gasteiger partial charge is 0.326 e. The maximum Gasteiger partial charge on any atom is 0.326 e. The molecule has 0 amide bonds. The largest absolute Gasteiger partial charge is 0.431 e. The van der Waals surface area contributed by atoms with Gasteiger partial charge in [0.15, 0.2) is 0 Å². The van der Waals surface area contributed by atoms with Gasteiger partial charge >= 0.3 is 6.92 Å². The van der Waals surface area contributed by atoms with Gasteiger partial charge < -0.3 is 4.65 Å². The lowest BCUT2D eigenvalue weighted by molar-refractivity contribution is 0.294. The van der Waals surface area contributed by atoms with Crippen LogP contribution in [0, 0.1) is 0 Å². The summed E-state index contributed by atoms with van der Waals surface area (Å²) in [5.74, 6) is 0. The van der Waals surface area contributed by atoms with E-state index in [1.54, 1.807) is 0 Å². The first-order valence-electron chi connectivity index (χ1n) is 4.63. The summed E-state index contributed by atoms with van der Waals surface area (Å²) < 4.78 is 5.66. The molecule has 12 heavy (non-hydrogen) atoms. The van der Waals surface area contributed by atoms with Crippen LogP contribution in [0.5, 0.6) is 0 Å². The van der Waals surface area contributed by atoms with Crippen LogP contribution in [0.25, 0.3) is 0 Å². The highest BCUT2D eigenvalue weighted by atomic mass is 16.4. The van der Waals surface area contributed by atoms with Crippen molar-refractivity contribution in [3.63, 3.8) is 0 Å². The van der Waals surface area contributed by atoms with Crippen molar-refractivity contribution in [3.8, 4) is 0 Å². The highest BCUT2D eigenvalue weighted by Gasteiger charge is 2.20. The predicted octanol–water partition coefficient (Wildman–Crippen LogP) is 1.70. The van der Waals surface area contributed by atoms with E-state index < -0.39 is 0 Å². The first-order chi connectivity index (χ1) is 5.97. The van der Waals surface area contributed by atoms with Gasteiger partial charge in [-0.3, -0.25) is 0 Å². The first kappa shape index (κ1) is 7.87. The summed E-state index contributed by atoms with van der Waals surface area (Å²) in [4.78, 5) is 0. The van der Waals surface area contributed by atoms with Gasteiger partial charge in [0.1, 0.15) is 0 Å². The monoisotopic (exact) mass is 160 g/mol. The van der Waals surface area contributed by atoms with Gasteiger partial charge in [0, 0.05) is 6.61 Å². The average Bonchev–Trinajstić information content (AvgIpc) is 2.21. The molecule has 1 aliphatic heterocycles. The third kappa shape index (κ3) is 1.70. The van der Waals surface area contributed by atoms with Crippen molar-refractivity contribution < 1.29 is 4.65 Å². The molecule has 2 heteroatoms. The second-order valence-electron chi connectivity index (χ2n) is 3.27. The molecule has 1 fully saturated rings. The van der Waals surface area contributed by atoms with E-state index in [-0.39, 0.29) is 0 Å². The fourth-order valence-electron chi connectivity index (χ4n) is 1.67. The number of benzene rings is 1. The van der Waals surface area contributed by atoms with E-state index in [1.807, 2.05) is 6.07 Å². The second kappa shape index (κ2) is 3.77. The molecule has 2 rings (SSSR count). The average molecular weight is 160 g/mol. The molecule has 0 aromatic heterocycles. The zero-order chi connectivity index (χ0) is 8.23. The highest BCUT2D eigenvalue weighted by Crippen LogP contribution is 2.10. The van der Waals surface area contributed by atoms with E-state index in [4.69, 9.17) is 4.65 Å². The summed E-state index contributed by atoms with van der Waals surface area (Å²) in [6, 6.07) is 10.5. The van der Waals surface area contributed by atoms with Crippen LogP contribution in [0.2, 0.25) is 6.32 Å². The molecular formula is C10H13BO. The molecule has 1 aliphatic rings. The minimum atomic E-state index is 0.361. The lowest BCUT2D eigenvalue weighted by Gasteiger charge is -2.19. The van der Waals surface area contributed by atoms with Crippen molar-refractivity contribution in [3.05, 3.63) is 30.3 Å². The molecule has 1 aromatic carbocycles. The van der Waals surface area contributed by atoms with Crippen LogP contribution in [0.4, 0.5) is 0 Å². The molecule has 1 nitrogen and oxygen atoms in total. The third-order valence-electron chi connectivity index (χ3n) is 2.35. The summed E-state index contributed by atoms with van der Waals surface area (Å²) in [5, 5.41) is 0. The van der Waals surface area contributed by atoms with Crippen molar-refractivity contribution in [2.75, 3.05) is 6.61 Å². The van der Waals surface area contributed by atoms with Crippen LogP contribution < -0.4 is 5.46 Å². The number of hydrogen-bond acceptors (Lipinski definition) is 1. The number of hydrogen-bond donors (Lipinski definition) is 0. The van der Waals surface area contributed by atoms with Crippen molar-refractivity contribution in [2.24, 2.45) is 0 Å². The molecule has 0 saturated carbocycles. The normalized spacial score (nSPS) is 17.8. The fraction of sp³-hybridized carbons (Fsp3) is 0.400. The van der Waals surface area contributed by atoms with Gasteiger partial charge in [0.2, 0.25) is 0 Å². The molecule has 0 N–H and O–H groups in total. The molecule has 0 atom stereocenters. The maximum absolute atomic E-state index is 5.66. The van der Waals surface area contributed by atoms with E-state index >= 15 is 0 Å². The standard InChI is InChI=1S/C10H13BO/c1-2-6-10(7-3-1)11-8-4-5-9-12-11/h1-3,6-7H,4-5,8-9H2. The van der Waals surface area contributed by atoms with Crippen molar-refractivity contribution >= 4 is 12.4 Å². The summed E-state index contributed by atoms with van der Waals surface area (Å²) >= 11 is 0. The topological polar surface area (TPSA) is 9.23 Å². The summed E-state index contributed by atoms with van der Waals surface area (Å²) in [6.45, 7) is 1.29. The maximum atomic E-state index is 5.66. The van der Waals surface area contributed by atoms with Crippen LogP contribution >= 0.6 is 0 Å². The molecule has 62 valence electrons. The Bertz CT molecular complexity index is 229. The molecule has 0 aliphatic carbocycles. The lowest BCUT2D eigenvalue weighted by atomic mass is 9.56. The van der Waals surface area contributed by atoms with Gasteiger partial charge in [-0.25, -0.2) is 0 Å². The molecule has 0 unspecified atom stereocenters. The number of rotatable bonds is 1. The zero-order valence-electron chi connectivity index (χ0n) is 7.20. The Morgan fingerprint density at radius 3 is 2.58 bits per heavy atom.